The minimum absolute atomic E-state index is 0.0438. The predicted octanol–water partition coefficient (Wildman–Crippen LogP) is 3.94. The number of amides is 1. The molecule has 1 fully saturated rings. The quantitative estimate of drug-likeness (QED) is 0.434. The van der Waals surface area contributed by atoms with E-state index in [-0.39, 0.29) is 41.6 Å². The molecule has 1 amide bonds. The van der Waals surface area contributed by atoms with E-state index in [2.05, 4.69) is 10.1 Å². The molecule has 0 spiro atoms. The van der Waals surface area contributed by atoms with E-state index in [1.54, 1.807) is 0 Å². The molecule has 1 aromatic heterocycles. The molecule has 0 saturated carbocycles. The van der Waals surface area contributed by atoms with Gasteiger partial charge in [-0.3, -0.25) is 9.69 Å². The van der Waals surface area contributed by atoms with Gasteiger partial charge in [-0.05, 0) is 48.7 Å². The average molecular weight is 487 g/mol. The summed E-state index contributed by atoms with van der Waals surface area (Å²) in [6.07, 6.45) is -1.70. The van der Waals surface area contributed by atoms with Gasteiger partial charge in [-0.2, -0.15) is 18.3 Å². The molecule has 1 aliphatic rings. The molecule has 12 heteroatoms. The van der Waals surface area contributed by atoms with E-state index in [1.165, 1.54) is 41.4 Å². The predicted molar refractivity (Wildman–Crippen MR) is 119 cm³/mol. The van der Waals surface area contributed by atoms with Gasteiger partial charge >= 0.3 is 12.3 Å². The Bertz CT molecular complexity index is 1400. The standard InChI is InChI=1S/C23H17F4N5O3/c24-17-13-16(31-10-11-35-22(31)34)4-5-19(17)32-9-7-20(33)21(30-32)18(6-8-28)29-15-3-1-2-14(12-15)23(25,26)27/h1-9,12-13H,10-11,28H2. The normalized spacial score (nSPS) is 14.6. The molecule has 0 unspecified atom stereocenters. The maximum atomic E-state index is 14.9. The van der Waals surface area contributed by atoms with Gasteiger partial charge in [0, 0.05) is 12.3 Å². The zero-order valence-electron chi connectivity index (χ0n) is 17.9. The largest absolute Gasteiger partial charge is 0.447 e. The number of halogens is 4. The van der Waals surface area contributed by atoms with Crippen LogP contribution in [-0.2, 0) is 10.9 Å². The van der Waals surface area contributed by atoms with Crippen molar-refractivity contribution in [1.29, 1.82) is 0 Å². The third kappa shape index (κ3) is 5.05. The lowest BCUT2D eigenvalue weighted by molar-refractivity contribution is -0.137. The van der Waals surface area contributed by atoms with E-state index < -0.39 is 29.1 Å². The fourth-order valence-corrected chi connectivity index (χ4v) is 3.35. The molecule has 0 aliphatic carbocycles. The highest BCUT2D eigenvalue weighted by atomic mass is 19.4. The number of anilines is 1. The summed E-state index contributed by atoms with van der Waals surface area (Å²) in [5.41, 5.74) is 3.69. The average Bonchev–Trinajstić information content (AvgIpc) is 3.25. The van der Waals surface area contributed by atoms with Crippen molar-refractivity contribution in [3.8, 4) is 5.69 Å². The molecule has 2 N–H and O–H groups in total. The molecular formula is C23H17F4N5O3. The van der Waals surface area contributed by atoms with E-state index in [0.717, 1.165) is 35.1 Å². The van der Waals surface area contributed by atoms with Crippen LogP contribution in [0.4, 0.5) is 33.7 Å². The summed E-state index contributed by atoms with van der Waals surface area (Å²) in [5.74, 6) is -0.741. The summed E-state index contributed by atoms with van der Waals surface area (Å²) in [7, 11) is 0. The van der Waals surface area contributed by atoms with Crippen molar-refractivity contribution in [1.82, 2.24) is 9.78 Å². The Kier molecular flexibility index (Phi) is 6.36. The second-order valence-corrected chi connectivity index (χ2v) is 7.28. The molecule has 2 heterocycles. The lowest BCUT2D eigenvalue weighted by Gasteiger charge is -2.15. The summed E-state index contributed by atoms with van der Waals surface area (Å²) >= 11 is 0. The topological polar surface area (TPSA) is 103 Å². The number of allylic oxidation sites excluding steroid dienone is 1. The minimum Gasteiger partial charge on any atom is -0.447 e. The number of nitrogens with zero attached hydrogens (tertiary/aromatic N) is 4. The molecular weight excluding hydrogens is 470 g/mol. The molecule has 1 saturated heterocycles. The summed E-state index contributed by atoms with van der Waals surface area (Å²) < 4.78 is 60.0. The molecule has 1 aliphatic heterocycles. The number of carbonyl (C=O) groups is 1. The van der Waals surface area contributed by atoms with Gasteiger partial charge in [0.05, 0.1) is 29.2 Å². The molecule has 0 radical (unpaired) electrons. The number of rotatable bonds is 5. The number of aromatic nitrogens is 2. The first-order valence-electron chi connectivity index (χ1n) is 10.2. The maximum Gasteiger partial charge on any atom is 0.416 e. The summed E-state index contributed by atoms with van der Waals surface area (Å²) in [5, 5.41) is 4.13. The van der Waals surface area contributed by atoms with Crippen LogP contribution < -0.4 is 16.1 Å². The zero-order valence-corrected chi connectivity index (χ0v) is 17.9. The Morgan fingerprint density at radius 1 is 1.14 bits per heavy atom. The van der Waals surface area contributed by atoms with Crippen LogP contribution >= 0.6 is 0 Å². The van der Waals surface area contributed by atoms with Crippen LogP contribution in [0.5, 0.6) is 0 Å². The van der Waals surface area contributed by atoms with E-state index >= 15 is 0 Å². The second kappa shape index (κ2) is 9.41. The van der Waals surface area contributed by atoms with Crippen LogP contribution in [0.2, 0.25) is 0 Å². The second-order valence-electron chi connectivity index (χ2n) is 7.28. The third-order valence-electron chi connectivity index (χ3n) is 4.98. The van der Waals surface area contributed by atoms with Crippen molar-refractivity contribution in [2.75, 3.05) is 18.1 Å². The minimum atomic E-state index is -4.58. The Morgan fingerprint density at radius 3 is 2.60 bits per heavy atom. The van der Waals surface area contributed by atoms with Gasteiger partial charge in [-0.25, -0.2) is 18.9 Å². The lowest BCUT2D eigenvalue weighted by atomic mass is 10.2. The fourth-order valence-electron chi connectivity index (χ4n) is 3.35. The van der Waals surface area contributed by atoms with Crippen molar-refractivity contribution in [2.24, 2.45) is 10.7 Å². The Morgan fingerprint density at radius 2 is 1.94 bits per heavy atom. The lowest BCUT2D eigenvalue weighted by Crippen LogP contribution is -2.24. The van der Waals surface area contributed by atoms with Gasteiger partial charge in [0.1, 0.15) is 12.3 Å². The molecule has 0 bridgehead atoms. The number of hydrogen-bond donors (Lipinski definition) is 1. The van der Waals surface area contributed by atoms with Crippen molar-refractivity contribution in [3.63, 3.8) is 0 Å². The number of cyclic esters (lactones) is 1. The molecule has 0 atom stereocenters. The maximum absolute atomic E-state index is 14.9. The van der Waals surface area contributed by atoms with Crippen LogP contribution in [0.15, 0.2) is 76.8 Å². The highest BCUT2D eigenvalue weighted by Crippen LogP contribution is 2.31. The van der Waals surface area contributed by atoms with Crippen LogP contribution in [-0.4, -0.2) is 34.7 Å². The van der Waals surface area contributed by atoms with Gasteiger partial charge in [0.25, 0.3) is 0 Å². The van der Waals surface area contributed by atoms with Crippen molar-refractivity contribution in [3.05, 3.63) is 94.3 Å². The summed E-state index contributed by atoms with van der Waals surface area (Å²) in [4.78, 5) is 29.6. The summed E-state index contributed by atoms with van der Waals surface area (Å²) in [6.45, 7) is 0.467. The molecule has 2 aromatic carbocycles. The first-order valence-corrected chi connectivity index (χ1v) is 10.2. The van der Waals surface area contributed by atoms with Gasteiger partial charge in [0.15, 0.2) is 11.5 Å². The number of aliphatic imine (C=N–C) groups is 1. The first-order chi connectivity index (χ1) is 16.7. The van der Waals surface area contributed by atoms with Crippen LogP contribution in [0.3, 0.4) is 0 Å². The fraction of sp³-hybridized carbons (Fsp3) is 0.130. The smallest absolute Gasteiger partial charge is 0.416 e. The van der Waals surface area contributed by atoms with Gasteiger partial charge < -0.3 is 10.5 Å². The monoisotopic (exact) mass is 487 g/mol. The number of alkyl halides is 3. The van der Waals surface area contributed by atoms with E-state index in [0.29, 0.717) is 0 Å². The number of ether oxygens (including phenoxy) is 1. The Balaban J connectivity index is 1.75. The van der Waals surface area contributed by atoms with Crippen molar-refractivity contribution in [2.45, 2.75) is 6.18 Å². The Hall–Kier alpha value is -4.48. The first kappa shape index (κ1) is 23.7. The zero-order chi connectivity index (χ0) is 25.2. The van der Waals surface area contributed by atoms with Crippen LogP contribution in [0.1, 0.15) is 11.3 Å². The summed E-state index contributed by atoms with van der Waals surface area (Å²) in [6, 6.07) is 9.28. The number of carbonyl (C=O) groups excluding carboxylic acids is 1. The molecule has 180 valence electrons. The van der Waals surface area contributed by atoms with Gasteiger partial charge in [-0.1, -0.05) is 6.07 Å². The molecule has 35 heavy (non-hydrogen) atoms. The SMILES string of the molecule is NC=CC(=Nc1cccc(C(F)(F)F)c1)c1nn(-c2ccc(N3CCOC3=O)cc2F)ccc1=O. The number of nitrogens with two attached hydrogens (primary N) is 1. The van der Waals surface area contributed by atoms with Crippen molar-refractivity contribution < 1.29 is 27.1 Å². The molecule has 4 rings (SSSR count). The molecule has 8 nitrogen and oxygen atoms in total. The van der Waals surface area contributed by atoms with Crippen LogP contribution in [0.25, 0.3) is 5.69 Å². The van der Waals surface area contributed by atoms with E-state index in [9.17, 15) is 27.2 Å². The Labute approximate surface area is 195 Å². The highest BCUT2D eigenvalue weighted by molar-refractivity contribution is 6.08. The molecule has 3 aromatic rings. The third-order valence-corrected chi connectivity index (χ3v) is 4.98. The number of benzene rings is 2. The van der Waals surface area contributed by atoms with Crippen LogP contribution in [0, 0.1) is 5.82 Å². The van der Waals surface area contributed by atoms with E-state index in [1.807, 2.05) is 0 Å². The highest BCUT2D eigenvalue weighted by Gasteiger charge is 2.30. The van der Waals surface area contributed by atoms with Crippen molar-refractivity contribution >= 4 is 23.2 Å². The van der Waals surface area contributed by atoms with E-state index in [4.69, 9.17) is 10.5 Å². The van der Waals surface area contributed by atoms with Gasteiger partial charge in [-0.15, -0.1) is 0 Å². The number of hydrogen-bond acceptors (Lipinski definition) is 6. The van der Waals surface area contributed by atoms with Gasteiger partial charge in [0.2, 0.25) is 5.43 Å².